The minimum atomic E-state index is -0.317. The highest BCUT2D eigenvalue weighted by Gasteiger charge is 2.18. The number of nitrogens with zero attached hydrogens (tertiary/aromatic N) is 2. The van der Waals surface area contributed by atoms with Crippen LogP contribution in [0.1, 0.15) is 43.1 Å². The summed E-state index contributed by atoms with van der Waals surface area (Å²) in [7, 11) is 0. The van der Waals surface area contributed by atoms with Crippen LogP contribution in [0.5, 0.6) is 0 Å². The van der Waals surface area contributed by atoms with Crippen LogP contribution >= 0.6 is 0 Å². The number of rotatable bonds is 9. The highest BCUT2D eigenvalue weighted by molar-refractivity contribution is 5.94. The lowest BCUT2D eigenvalue weighted by molar-refractivity contribution is -0.118. The summed E-state index contributed by atoms with van der Waals surface area (Å²) in [5, 5.41) is 10.1. The molecule has 168 valence electrons. The van der Waals surface area contributed by atoms with Gasteiger partial charge in [-0.1, -0.05) is 60.6 Å². The van der Waals surface area contributed by atoms with Crippen LogP contribution in [0, 0.1) is 6.92 Å². The molecule has 1 aliphatic rings. The van der Waals surface area contributed by atoms with Crippen molar-refractivity contribution < 1.29 is 9.32 Å². The molecule has 3 aromatic rings. The van der Waals surface area contributed by atoms with E-state index in [1.165, 1.54) is 48.2 Å². The second-order valence-corrected chi connectivity index (χ2v) is 8.49. The van der Waals surface area contributed by atoms with Crippen molar-refractivity contribution in [2.75, 3.05) is 18.4 Å². The van der Waals surface area contributed by atoms with E-state index in [2.05, 4.69) is 63.2 Å². The lowest BCUT2D eigenvalue weighted by atomic mass is 9.98. The largest absolute Gasteiger partial charge is 0.360 e. The van der Waals surface area contributed by atoms with Crippen LogP contribution in [-0.4, -0.2) is 35.1 Å². The van der Waals surface area contributed by atoms with Crippen molar-refractivity contribution in [1.29, 1.82) is 0 Å². The van der Waals surface area contributed by atoms with Crippen molar-refractivity contribution in [2.24, 2.45) is 0 Å². The van der Waals surface area contributed by atoms with Gasteiger partial charge in [-0.3, -0.25) is 9.69 Å². The maximum absolute atomic E-state index is 12.6. The number of aryl methyl sites for hydroxylation is 1. The molecule has 0 saturated carbocycles. The predicted molar refractivity (Wildman–Crippen MR) is 127 cm³/mol. The maximum atomic E-state index is 12.6. The van der Waals surface area contributed by atoms with Crippen molar-refractivity contribution in [3.63, 3.8) is 0 Å². The molecule has 0 spiro atoms. The summed E-state index contributed by atoms with van der Waals surface area (Å²) >= 11 is 0. The van der Waals surface area contributed by atoms with Gasteiger partial charge in [-0.2, -0.15) is 0 Å². The average Bonchev–Trinajstić information content (AvgIpc) is 3.46. The van der Waals surface area contributed by atoms with E-state index in [4.69, 9.17) is 4.52 Å². The summed E-state index contributed by atoms with van der Waals surface area (Å²) in [5.41, 5.74) is 4.92. The van der Waals surface area contributed by atoms with Crippen molar-refractivity contribution in [3.05, 3.63) is 71.5 Å². The lowest BCUT2D eigenvalue weighted by Gasteiger charge is -2.18. The van der Waals surface area contributed by atoms with Gasteiger partial charge < -0.3 is 15.2 Å². The smallest absolute Gasteiger partial charge is 0.242 e. The van der Waals surface area contributed by atoms with Crippen molar-refractivity contribution in [3.8, 4) is 11.1 Å². The fourth-order valence-electron chi connectivity index (χ4n) is 4.24. The third-order valence-corrected chi connectivity index (χ3v) is 6.03. The number of hydrogen-bond acceptors (Lipinski definition) is 5. The molecule has 0 bridgehead atoms. The van der Waals surface area contributed by atoms with Crippen molar-refractivity contribution in [2.45, 2.75) is 52.2 Å². The Labute approximate surface area is 190 Å². The SMILES string of the molecule is CCC(NCc1ccccc1-c1ccc(CN2CCCC2)cc1)C(=O)Nc1cc(C)on1. The Morgan fingerprint density at radius 2 is 1.88 bits per heavy atom. The Kier molecular flexibility index (Phi) is 7.35. The summed E-state index contributed by atoms with van der Waals surface area (Å²) in [5.74, 6) is 1.01. The van der Waals surface area contributed by atoms with Crippen LogP contribution in [0.25, 0.3) is 11.1 Å². The predicted octanol–water partition coefficient (Wildman–Crippen LogP) is 4.75. The van der Waals surface area contributed by atoms with E-state index in [1.54, 1.807) is 13.0 Å². The number of nitrogens with one attached hydrogen (secondary N) is 2. The van der Waals surface area contributed by atoms with Gasteiger partial charge in [-0.05, 0) is 61.5 Å². The molecular weight excluding hydrogens is 400 g/mol. The zero-order valence-electron chi connectivity index (χ0n) is 18.9. The van der Waals surface area contributed by atoms with E-state index >= 15 is 0 Å². The van der Waals surface area contributed by atoms with Crippen molar-refractivity contribution >= 4 is 11.7 Å². The average molecular weight is 433 g/mol. The molecule has 2 heterocycles. The number of benzene rings is 2. The first-order valence-electron chi connectivity index (χ1n) is 11.5. The van der Waals surface area contributed by atoms with E-state index in [-0.39, 0.29) is 11.9 Å². The fourth-order valence-corrected chi connectivity index (χ4v) is 4.24. The zero-order chi connectivity index (χ0) is 22.3. The fraction of sp³-hybridized carbons (Fsp3) is 0.385. The number of amides is 1. The van der Waals surface area contributed by atoms with Crippen LogP contribution < -0.4 is 10.6 Å². The highest BCUT2D eigenvalue weighted by Crippen LogP contribution is 2.25. The number of hydrogen-bond donors (Lipinski definition) is 2. The molecule has 1 fully saturated rings. The van der Waals surface area contributed by atoms with E-state index in [0.717, 1.165) is 6.54 Å². The van der Waals surface area contributed by atoms with Gasteiger partial charge in [0.1, 0.15) is 5.76 Å². The molecule has 1 unspecified atom stereocenters. The minimum Gasteiger partial charge on any atom is -0.360 e. The van der Waals surface area contributed by atoms with Crippen LogP contribution in [0.3, 0.4) is 0 Å². The normalized spacial score (nSPS) is 15.1. The van der Waals surface area contributed by atoms with Gasteiger partial charge >= 0.3 is 0 Å². The number of anilines is 1. The van der Waals surface area contributed by atoms with Gasteiger partial charge in [0.2, 0.25) is 5.91 Å². The first-order chi connectivity index (χ1) is 15.6. The zero-order valence-corrected chi connectivity index (χ0v) is 18.9. The third-order valence-electron chi connectivity index (χ3n) is 6.03. The molecule has 0 aliphatic carbocycles. The van der Waals surface area contributed by atoms with Gasteiger partial charge in [-0.15, -0.1) is 0 Å². The van der Waals surface area contributed by atoms with Crippen LogP contribution in [0.15, 0.2) is 59.1 Å². The Balaban J connectivity index is 1.40. The Morgan fingerprint density at radius 1 is 1.12 bits per heavy atom. The lowest BCUT2D eigenvalue weighted by Crippen LogP contribution is -2.39. The van der Waals surface area contributed by atoms with Crippen LogP contribution in [0.2, 0.25) is 0 Å². The number of carbonyl (C=O) groups excluding carboxylic acids is 1. The number of carbonyl (C=O) groups is 1. The molecule has 2 aromatic carbocycles. The summed E-state index contributed by atoms with van der Waals surface area (Å²) in [4.78, 5) is 15.2. The van der Waals surface area contributed by atoms with Crippen LogP contribution in [-0.2, 0) is 17.9 Å². The minimum absolute atomic E-state index is 0.107. The molecule has 6 nitrogen and oxygen atoms in total. The topological polar surface area (TPSA) is 70.4 Å². The summed E-state index contributed by atoms with van der Waals surface area (Å²) in [6.07, 6.45) is 3.30. The molecule has 1 atom stereocenters. The first kappa shape index (κ1) is 22.2. The summed E-state index contributed by atoms with van der Waals surface area (Å²) in [6.45, 7) is 7.85. The number of aromatic nitrogens is 1. The third kappa shape index (κ3) is 5.64. The Bertz CT molecular complexity index is 1020. The second kappa shape index (κ2) is 10.6. The molecule has 4 rings (SSSR count). The Morgan fingerprint density at radius 3 is 2.56 bits per heavy atom. The molecule has 6 heteroatoms. The Hall–Kier alpha value is -2.96. The standard InChI is InChI=1S/C26H32N4O2/c1-3-24(26(31)28-25-16-19(2)32-29-25)27-17-22-8-4-5-9-23(22)21-12-10-20(11-13-21)18-30-14-6-7-15-30/h4-5,8-13,16,24,27H,3,6-7,14-15,17-18H2,1-2H3,(H,28,29,31). The summed E-state index contributed by atoms with van der Waals surface area (Å²) in [6, 6.07) is 18.7. The molecule has 32 heavy (non-hydrogen) atoms. The van der Waals surface area contributed by atoms with E-state index in [1.807, 2.05) is 13.0 Å². The maximum Gasteiger partial charge on any atom is 0.242 e. The van der Waals surface area contributed by atoms with Crippen LogP contribution in [0.4, 0.5) is 5.82 Å². The van der Waals surface area contributed by atoms with Gasteiger partial charge in [0.15, 0.2) is 5.82 Å². The van der Waals surface area contributed by atoms with E-state index in [0.29, 0.717) is 24.5 Å². The van der Waals surface area contributed by atoms with Gasteiger partial charge in [0.05, 0.1) is 6.04 Å². The molecule has 2 N–H and O–H groups in total. The van der Waals surface area contributed by atoms with E-state index < -0.39 is 0 Å². The van der Waals surface area contributed by atoms with Gasteiger partial charge in [0, 0.05) is 19.2 Å². The van der Waals surface area contributed by atoms with Gasteiger partial charge in [0.25, 0.3) is 0 Å². The highest BCUT2D eigenvalue weighted by atomic mass is 16.5. The molecule has 1 aromatic heterocycles. The monoisotopic (exact) mass is 432 g/mol. The molecule has 0 radical (unpaired) electrons. The summed E-state index contributed by atoms with van der Waals surface area (Å²) < 4.78 is 5.03. The number of likely N-dealkylation sites (tertiary alicyclic amines) is 1. The second-order valence-electron chi connectivity index (χ2n) is 8.49. The molecular formula is C26H32N4O2. The van der Waals surface area contributed by atoms with E-state index in [9.17, 15) is 4.79 Å². The molecule has 1 aliphatic heterocycles. The molecule has 1 saturated heterocycles. The van der Waals surface area contributed by atoms with Gasteiger partial charge in [-0.25, -0.2) is 0 Å². The van der Waals surface area contributed by atoms with Crippen molar-refractivity contribution in [1.82, 2.24) is 15.4 Å². The first-order valence-corrected chi connectivity index (χ1v) is 11.5. The quantitative estimate of drug-likeness (QED) is 0.510. The molecule has 1 amide bonds.